The largest absolute Gasteiger partial charge is 0.478 e. The molecule has 0 amide bonds. The van der Waals surface area contributed by atoms with Crippen LogP contribution in [0.4, 0.5) is 5.82 Å². The molecule has 0 aliphatic heterocycles. The number of carboxylic acid groups (broad SMARTS) is 1. The van der Waals surface area contributed by atoms with Crippen molar-refractivity contribution in [3.8, 4) is 0 Å². The van der Waals surface area contributed by atoms with Gasteiger partial charge in [0.2, 0.25) is 0 Å². The molecule has 0 aliphatic rings. The Morgan fingerprint density at radius 2 is 2.25 bits per heavy atom. The van der Waals surface area contributed by atoms with Gasteiger partial charge in [0.25, 0.3) is 0 Å². The van der Waals surface area contributed by atoms with Gasteiger partial charge in [-0.1, -0.05) is 0 Å². The van der Waals surface area contributed by atoms with Crippen LogP contribution in [0.25, 0.3) is 0 Å². The van der Waals surface area contributed by atoms with E-state index in [1.54, 1.807) is 30.8 Å². The highest BCUT2D eigenvalue weighted by atomic mass is 32.2. The Morgan fingerprint density at radius 3 is 2.75 bits per heavy atom. The van der Waals surface area contributed by atoms with E-state index in [0.29, 0.717) is 5.69 Å². The van der Waals surface area contributed by atoms with Crippen LogP contribution in [-0.4, -0.2) is 41.7 Å². The van der Waals surface area contributed by atoms with Crippen molar-refractivity contribution < 1.29 is 9.90 Å². The van der Waals surface area contributed by atoms with Gasteiger partial charge in [0, 0.05) is 19.3 Å². The molecule has 5 heteroatoms. The standard InChI is InChI=1S/C11H16N2O2S/c1-8-9(11(14)15)4-5-10(12-8)13(2)6-7-16-3/h4-5H,6-7H2,1-3H3,(H,14,15). The highest BCUT2D eigenvalue weighted by Crippen LogP contribution is 2.14. The maximum absolute atomic E-state index is 10.8. The lowest BCUT2D eigenvalue weighted by atomic mass is 10.2. The fourth-order valence-electron chi connectivity index (χ4n) is 1.33. The van der Waals surface area contributed by atoms with E-state index in [-0.39, 0.29) is 5.56 Å². The number of rotatable bonds is 5. The van der Waals surface area contributed by atoms with E-state index in [9.17, 15) is 4.79 Å². The van der Waals surface area contributed by atoms with E-state index in [1.165, 1.54) is 0 Å². The molecule has 0 aromatic carbocycles. The minimum absolute atomic E-state index is 0.266. The number of thioether (sulfide) groups is 1. The number of carboxylic acids is 1. The summed E-state index contributed by atoms with van der Waals surface area (Å²) in [5.74, 6) is 0.914. The zero-order valence-electron chi connectivity index (χ0n) is 9.73. The van der Waals surface area contributed by atoms with Crippen molar-refractivity contribution >= 4 is 23.5 Å². The number of aryl methyl sites for hydroxylation is 1. The zero-order chi connectivity index (χ0) is 12.1. The van der Waals surface area contributed by atoms with Gasteiger partial charge in [-0.05, 0) is 25.3 Å². The van der Waals surface area contributed by atoms with E-state index < -0.39 is 5.97 Å². The van der Waals surface area contributed by atoms with Gasteiger partial charge in [-0.3, -0.25) is 0 Å². The molecule has 16 heavy (non-hydrogen) atoms. The first-order valence-corrected chi connectivity index (χ1v) is 6.36. The minimum Gasteiger partial charge on any atom is -0.478 e. The van der Waals surface area contributed by atoms with Crippen molar-refractivity contribution in [2.45, 2.75) is 6.92 Å². The second-order valence-electron chi connectivity index (χ2n) is 3.52. The number of hydrogen-bond acceptors (Lipinski definition) is 4. The molecule has 0 fully saturated rings. The summed E-state index contributed by atoms with van der Waals surface area (Å²) in [5.41, 5.74) is 0.822. The molecule has 4 nitrogen and oxygen atoms in total. The number of carbonyl (C=O) groups is 1. The molecule has 88 valence electrons. The average molecular weight is 240 g/mol. The number of nitrogens with zero attached hydrogens (tertiary/aromatic N) is 2. The molecule has 0 radical (unpaired) electrons. The molecule has 0 saturated carbocycles. The number of hydrogen-bond donors (Lipinski definition) is 1. The van der Waals surface area contributed by atoms with Gasteiger partial charge in [-0.25, -0.2) is 9.78 Å². The molecule has 1 aromatic heterocycles. The monoisotopic (exact) mass is 240 g/mol. The molecule has 1 heterocycles. The van der Waals surface area contributed by atoms with E-state index in [0.717, 1.165) is 18.1 Å². The molecule has 1 rings (SSSR count). The normalized spacial score (nSPS) is 10.2. The zero-order valence-corrected chi connectivity index (χ0v) is 10.5. The first-order chi connectivity index (χ1) is 7.56. The molecule has 0 unspecified atom stereocenters. The third-order valence-corrected chi connectivity index (χ3v) is 2.91. The summed E-state index contributed by atoms with van der Waals surface area (Å²) in [7, 11) is 1.96. The maximum Gasteiger partial charge on any atom is 0.337 e. The summed E-state index contributed by atoms with van der Waals surface area (Å²) in [6, 6.07) is 3.35. The van der Waals surface area contributed by atoms with Gasteiger partial charge < -0.3 is 10.0 Å². The smallest absolute Gasteiger partial charge is 0.337 e. The topological polar surface area (TPSA) is 53.4 Å². The Hall–Kier alpha value is -1.23. The van der Waals surface area contributed by atoms with Crippen LogP contribution in [0.1, 0.15) is 16.1 Å². The molecular formula is C11H16N2O2S. The molecular weight excluding hydrogens is 224 g/mol. The summed E-state index contributed by atoms with van der Waals surface area (Å²) in [5, 5.41) is 8.88. The number of pyridine rings is 1. The maximum atomic E-state index is 10.8. The van der Waals surface area contributed by atoms with Crippen molar-refractivity contribution in [3.63, 3.8) is 0 Å². The predicted molar refractivity (Wildman–Crippen MR) is 67.6 cm³/mol. The molecule has 1 aromatic rings. The van der Waals surface area contributed by atoms with Gasteiger partial charge >= 0.3 is 5.97 Å². The lowest BCUT2D eigenvalue weighted by molar-refractivity contribution is 0.0695. The van der Waals surface area contributed by atoms with Crippen LogP contribution in [0.5, 0.6) is 0 Å². The Labute approximate surface area is 99.7 Å². The molecule has 0 saturated heterocycles. The summed E-state index contributed by atoms with van der Waals surface area (Å²) in [6.07, 6.45) is 2.06. The van der Waals surface area contributed by atoms with Gasteiger partial charge in [0.15, 0.2) is 0 Å². The number of aromatic nitrogens is 1. The second-order valence-corrected chi connectivity index (χ2v) is 4.51. The first-order valence-electron chi connectivity index (χ1n) is 4.97. The van der Waals surface area contributed by atoms with E-state index >= 15 is 0 Å². The van der Waals surface area contributed by atoms with Crippen LogP contribution in [0.15, 0.2) is 12.1 Å². The fraction of sp³-hybridized carbons (Fsp3) is 0.455. The van der Waals surface area contributed by atoms with Crippen molar-refractivity contribution in [1.82, 2.24) is 4.98 Å². The predicted octanol–water partition coefficient (Wildman–Crippen LogP) is 1.89. The minimum atomic E-state index is -0.927. The Bertz CT molecular complexity index is 382. The molecule has 0 aliphatic carbocycles. The molecule has 0 atom stereocenters. The Kier molecular flexibility index (Phi) is 4.61. The van der Waals surface area contributed by atoms with E-state index in [2.05, 4.69) is 11.2 Å². The van der Waals surface area contributed by atoms with E-state index in [1.807, 2.05) is 11.9 Å². The van der Waals surface area contributed by atoms with Crippen LogP contribution in [-0.2, 0) is 0 Å². The van der Waals surface area contributed by atoms with Crippen LogP contribution in [0, 0.1) is 6.92 Å². The fourth-order valence-corrected chi connectivity index (χ4v) is 1.79. The third-order valence-electron chi connectivity index (χ3n) is 2.32. The third kappa shape index (κ3) is 3.13. The van der Waals surface area contributed by atoms with Gasteiger partial charge in [-0.15, -0.1) is 0 Å². The van der Waals surface area contributed by atoms with Crippen LogP contribution >= 0.6 is 11.8 Å². The van der Waals surface area contributed by atoms with Crippen LogP contribution in [0.2, 0.25) is 0 Å². The van der Waals surface area contributed by atoms with Gasteiger partial charge in [-0.2, -0.15) is 11.8 Å². The highest BCUT2D eigenvalue weighted by Gasteiger charge is 2.10. The molecule has 1 N–H and O–H groups in total. The van der Waals surface area contributed by atoms with Gasteiger partial charge in [0.1, 0.15) is 5.82 Å². The number of anilines is 1. The van der Waals surface area contributed by atoms with Crippen molar-refractivity contribution in [2.24, 2.45) is 0 Å². The second kappa shape index (κ2) is 5.75. The SMILES string of the molecule is CSCCN(C)c1ccc(C(=O)O)c(C)n1. The van der Waals surface area contributed by atoms with Crippen molar-refractivity contribution in [3.05, 3.63) is 23.4 Å². The number of aromatic carboxylic acids is 1. The van der Waals surface area contributed by atoms with Crippen LogP contribution in [0.3, 0.4) is 0 Å². The lowest BCUT2D eigenvalue weighted by Crippen LogP contribution is -2.21. The van der Waals surface area contributed by atoms with E-state index in [4.69, 9.17) is 5.11 Å². The van der Waals surface area contributed by atoms with Crippen LogP contribution < -0.4 is 4.90 Å². The van der Waals surface area contributed by atoms with Crippen molar-refractivity contribution in [1.29, 1.82) is 0 Å². The molecule has 0 bridgehead atoms. The quantitative estimate of drug-likeness (QED) is 0.851. The Balaban J connectivity index is 2.84. The summed E-state index contributed by atoms with van der Waals surface area (Å²) < 4.78 is 0. The Morgan fingerprint density at radius 1 is 1.56 bits per heavy atom. The average Bonchev–Trinajstić information content (AvgIpc) is 2.25. The highest BCUT2D eigenvalue weighted by molar-refractivity contribution is 7.98. The summed E-state index contributed by atoms with van der Waals surface area (Å²) >= 11 is 1.77. The van der Waals surface area contributed by atoms with Crippen molar-refractivity contribution in [2.75, 3.05) is 30.5 Å². The summed E-state index contributed by atoms with van der Waals surface area (Å²) in [4.78, 5) is 17.1. The summed E-state index contributed by atoms with van der Waals surface area (Å²) in [6.45, 7) is 2.62. The first kappa shape index (κ1) is 12.8. The molecule has 0 spiro atoms. The van der Waals surface area contributed by atoms with Gasteiger partial charge in [0.05, 0.1) is 11.3 Å². The lowest BCUT2D eigenvalue weighted by Gasteiger charge is -2.18.